The van der Waals surface area contributed by atoms with E-state index in [4.69, 9.17) is 4.74 Å². The molecule has 0 saturated carbocycles. The van der Waals surface area contributed by atoms with E-state index in [0.717, 1.165) is 89.9 Å². The van der Waals surface area contributed by atoms with E-state index >= 15 is 0 Å². The summed E-state index contributed by atoms with van der Waals surface area (Å²) in [7, 11) is 0. The van der Waals surface area contributed by atoms with Crippen LogP contribution in [-0.2, 0) is 14.3 Å². The summed E-state index contributed by atoms with van der Waals surface area (Å²) < 4.78 is 5.46. The molecule has 0 aliphatic heterocycles. The van der Waals surface area contributed by atoms with E-state index in [0.29, 0.717) is 25.9 Å². The van der Waals surface area contributed by atoms with Gasteiger partial charge in [0, 0.05) is 12.8 Å². The number of hydrogen-bond donors (Lipinski definition) is 3. The Morgan fingerprint density at radius 1 is 0.431 bits per heavy atom. The Labute approximate surface area is 404 Å². The number of rotatable bonds is 52. The molecule has 0 spiro atoms. The van der Waals surface area contributed by atoms with Crippen molar-refractivity contribution >= 4 is 11.9 Å². The second kappa shape index (κ2) is 54.4. The van der Waals surface area contributed by atoms with Gasteiger partial charge < -0.3 is 20.3 Å². The zero-order valence-electron chi connectivity index (χ0n) is 43.2. The topological polar surface area (TPSA) is 95.9 Å². The van der Waals surface area contributed by atoms with Gasteiger partial charge in [-0.25, -0.2) is 0 Å². The summed E-state index contributed by atoms with van der Waals surface area (Å²) in [6, 6.07) is -0.554. The van der Waals surface area contributed by atoms with Gasteiger partial charge in [-0.1, -0.05) is 229 Å². The molecule has 6 nitrogen and oxygen atoms in total. The van der Waals surface area contributed by atoms with Crippen LogP contribution in [0.5, 0.6) is 0 Å². The molecule has 3 N–H and O–H groups in total. The van der Waals surface area contributed by atoms with Gasteiger partial charge in [0.05, 0.1) is 25.4 Å². The fourth-order valence-electron chi connectivity index (χ4n) is 8.46. The van der Waals surface area contributed by atoms with Crippen molar-refractivity contribution in [3.8, 4) is 0 Å². The molecule has 0 fully saturated rings. The van der Waals surface area contributed by atoms with Crippen molar-refractivity contribution in [3.63, 3.8) is 0 Å². The van der Waals surface area contributed by atoms with E-state index in [2.05, 4.69) is 67.8 Å². The normalized spacial score (nSPS) is 13.0. The zero-order valence-corrected chi connectivity index (χ0v) is 43.2. The molecule has 0 saturated heterocycles. The summed E-state index contributed by atoms with van der Waals surface area (Å²) in [5.41, 5.74) is 0. The van der Waals surface area contributed by atoms with Crippen LogP contribution in [0.1, 0.15) is 290 Å². The molecule has 0 aromatic carbocycles. The van der Waals surface area contributed by atoms with Crippen LogP contribution in [0, 0.1) is 0 Å². The van der Waals surface area contributed by atoms with Crippen molar-refractivity contribution in [3.05, 3.63) is 48.6 Å². The Bertz CT molecular complexity index is 1100. The number of nitrogens with one attached hydrogen (secondary N) is 1. The molecule has 380 valence electrons. The standard InChI is InChI=1S/C59H109NO5/c1-3-5-7-9-11-13-15-17-18-19-20-23-26-29-33-37-41-45-49-53-59(64)65-54-50-46-42-38-34-30-27-24-21-22-25-28-32-36-40-44-48-52-58(63)60-56(55-61)57(62)51-47-43-39-35-31-16-14-12-10-8-6-4-2/h11,13,17-18,21,24,30,34,56-57,61-62H,3-10,12,14-16,19-20,22-23,25-29,31-33,35-55H2,1-2H3,(H,60,63)/b13-11-,18-17-,24-21-,34-30-. The van der Waals surface area contributed by atoms with Gasteiger partial charge in [-0.15, -0.1) is 0 Å². The lowest BCUT2D eigenvalue weighted by molar-refractivity contribution is -0.143. The smallest absolute Gasteiger partial charge is 0.305 e. The van der Waals surface area contributed by atoms with Crippen LogP contribution in [0.2, 0.25) is 0 Å². The summed E-state index contributed by atoms with van der Waals surface area (Å²) in [6.07, 6.45) is 68.1. The first kappa shape index (κ1) is 62.8. The molecule has 0 bridgehead atoms. The van der Waals surface area contributed by atoms with E-state index in [-0.39, 0.29) is 18.5 Å². The molecule has 2 unspecified atom stereocenters. The number of carbonyl (C=O) groups is 2. The molecule has 0 heterocycles. The van der Waals surface area contributed by atoms with Crippen molar-refractivity contribution < 1.29 is 24.5 Å². The first-order valence-corrected chi connectivity index (χ1v) is 28.4. The minimum Gasteiger partial charge on any atom is -0.466 e. The van der Waals surface area contributed by atoms with Gasteiger partial charge in [-0.3, -0.25) is 9.59 Å². The number of unbranched alkanes of at least 4 members (excludes halogenated alkanes) is 33. The van der Waals surface area contributed by atoms with Gasteiger partial charge in [0.2, 0.25) is 5.91 Å². The van der Waals surface area contributed by atoms with E-state index in [9.17, 15) is 19.8 Å². The summed E-state index contributed by atoms with van der Waals surface area (Å²) >= 11 is 0. The Hall–Kier alpha value is -2.18. The third-order valence-electron chi connectivity index (χ3n) is 12.9. The predicted molar refractivity (Wildman–Crippen MR) is 282 cm³/mol. The number of aliphatic hydroxyl groups is 2. The van der Waals surface area contributed by atoms with Gasteiger partial charge in [0.1, 0.15) is 0 Å². The second-order valence-electron chi connectivity index (χ2n) is 19.3. The predicted octanol–water partition coefficient (Wildman–Crippen LogP) is 17.4. The fraction of sp³-hybridized carbons (Fsp3) is 0.831. The second-order valence-corrected chi connectivity index (χ2v) is 19.3. The fourth-order valence-corrected chi connectivity index (χ4v) is 8.46. The Morgan fingerprint density at radius 2 is 0.769 bits per heavy atom. The van der Waals surface area contributed by atoms with Crippen molar-refractivity contribution in [1.82, 2.24) is 5.32 Å². The van der Waals surface area contributed by atoms with E-state index < -0.39 is 12.1 Å². The number of amides is 1. The molecule has 0 aromatic heterocycles. The van der Waals surface area contributed by atoms with Crippen LogP contribution in [0.3, 0.4) is 0 Å². The number of ether oxygens (including phenoxy) is 1. The van der Waals surface area contributed by atoms with Crippen LogP contribution < -0.4 is 5.32 Å². The number of carbonyl (C=O) groups excluding carboxylic acids is 2. The molecule has 65 heavy (non-hydrogen) atoms. The first-order chi connectivity index (χ1) is 32.0. The number of hydrogen-bond acceptors (Lipinski definition) is 5. The largest absolute Gasteiger partial charge is 0.466 e. The van der Waals surface area contributed by atoms with Gasteiger partial charge in [-0.05, 0) is 96.3 Å². The molecule has 0 aliphatic carbocycles. The van der Waals surface area contributed by atoms with Gasteiger partial charge >= 0.3 is 5.97 Å². The third kappa shape index (κ3) is 51.1. The highest BCUT2D eigenvalue weighted by Crippen LogP contribution is 2.16. The lowest BCUT2D eigenvalue weighted by Crippen LogP contribution is -2.45. The number of aliphatic hydroxyl groups excluding tert-OH is 2. The highest BCUT2D eigenvalue weighted by atomic mass is 16.5. The first-order valence-electron chi connectivity index (χ1n) is 28.4. The van der Waals surface area contributed by atoms with E-state index in [1.807, 2.05) is 0 Å². The summed E-state index contributed by atoms with van der Waals surface area (Å²) in [6.45, 7) is 4.87. The Morgan fingerprint density at radius 3 is 1.20 bits per heavy atom. The Kier molecular flexibility index (Phi) is 52.6. The highest BCUT2D eigenvalue weighted by Gasteiger charge is 2.20. The summed E-state index contributed by atoms with van der Waals surface area (Å²) in [5, 5.41) is 23.2. The molecule has 6 heteroatoms. The van der Waals surface area contributed by atoms with Crippen molar-refractivity contribution in [1.29, 1.82) is 0 Å². The van der Waals surface area contributed by atoms with Crippen LogP contribution in [0.4, 0.5) is 0 Å². The minimum absolute atomic E-state index is 0.0198. The van der Waals surface area contributed by atoms with Crippen LogP contribution in [0.25, 0.3) is 0 Å². The van der Waals surface area contributed by atoms with E-state index in [1.165, 1.54) is 167 Å². The molecule has 0 rings (SSSR count). The zero-order chi connectivity index (χ0) is 47.2. The average Bonchev–Trinajstić information content (AvgIpc) is 3.31. The van der Waals surface area contributed by atoms with Crippen LogP contribution in [-0.4, -0.2) is 47.4 Å². The molecular formula is C59H109NO5. The summed E-state index contributed by atoms with van der Waals surface area (Å²) in [5.74, 6) is -0.0723. The maximum absolute atomic E-state index is 12.4. The van der Waals surface area contributed by atoms with Gasteiger partial charge in [-0.2, -0.15) is 0 Å². The van der Waals surface area contributed by atoms with Crippen LogP contribution >= 0.6 is 0 Å². The SMILES string of the molecule is CCCCC/C=C\C/C=C\CCCCCCCCCCCC(=O)OCCCCC/C=C\C/C=C\CCCCCCCCCC(=O)NC(CO)C(O)CCCCCCCCCCCCCC. The third-order valence-corrected chi connectivity index (χ3v) is 12.9. The van der Waals surface area contributed by atoms with Gasteiger partial charge in [0.15, 0.2) is 0 Å². The lowest BCUT2D eigenvalue weighted by atomic mass is 10.0. The quantitative estimate of drug-likeness (QED) is 0.0321. The Balaban J connectivity index is 3.48. The van der Waals surface area contributed by atoms with Crippen molar-refractivity contribution in [2.75, 3.05) is 13.2 Å². The van der Waals surface area contributed by atoms with Crippen molar-refractivity contribution in [2.45, 2.75) is 302 Å². The maximum Gasteiger partial charge on any atom is 0.305 e. The van der Waals surface area contributed by atoms with E-state index in [1.54, 1.807) is 0 Å². The molecule has 0 radical (unpaired) electrons. The highest BCUT2D eigenvalue weighted by molar-refractivity contribution is 5.76. The molecule has 2 atom stereocenters. The molecule has 1 amide bonds. The van der Waals surface area contributed by atoms with Gasteiger partial charge in [0.25, 0.3) is 0 Å². The van der Waals surface area contributed by atoms with Crippen molar-refractivity contribution in [2.24, 2.45) is 0 Å². The summed E-state index contributed by atoms with van der Waals surface area (Å²) in [4.78, 5) is 24.5. The maximum atomic E-state index is 12.4. The minimum atomic E-state index is -0.675. The molecule has 0 aliphatic rings. The average molecular weight is 913 g/mol. The number of allylic oxidation sites excluding steroid dienone is 8. The number of esters is 1. The molecular weight excluding hydrogens is 803 g/mol. The monoisotopic (exact) mass is 912 g/mol. The lowest BCUT2D eigenvalue weighted by Gasteiger charge is -2.22. The van der Waals surface area contributed by atoms with Crippen LogP contribution in [0.15, 0.2) is 48.6 Å². The molecule has 0 aromatic rings.